The van der Waals surface area contributed by atoms with Crippen LogP contribution in [0.15, 0.2) is 47.4 Å². The molecule has 2 aromatic rings. The average Bonchev–Trinajstić information content (AvgIpc) is 2.57. The van der Waals surface area contributed by atoms with Gasteiger partial charge >= 0.3 is 0 Å². The maximum Gasteiger partial charge on any atom is 0.275 e. The van der Waals surface area contributed by atoms with Crippen LogP contribution in [-0.2, 0) is 14.8 Å². The molecule has 0 aromatic heterocycles. The zero-order valence-corrected chi connectivity index (χ0v) is 14.9. The number of benzene rings is 2. The van der Waals surface area contributed by atoms with E-state index in [-0.39, 0.29) is 4.90 Å². The molecule has 25 heavy (non-hydrogen) atoms. The summed E-state index contributed by atoms with van der Waals surface area (Å²) in [5.74, 6) is -0.672. The number of hydrogen-bond donors (Lipinski definition) is 2. The molecule has 8 heteroatoms. The molecule has 0 aliphatic heterocycles. The molecule has 0 saturated heterocycles. The number of carbonyl (C=O) groups excluding carboxylic acids is 1. The molecule has 2 rings (SSSR count). The van der Waals surface area contributed by atoms with Gasteiger partial charge in [0.25, 0.3) is 15.9 Å². The first-order valence-corrected chi connectivity index (χ1v) is 8.99. The van der Waals surface area contributed by atoms with Crippen LogP contribution in [0.3, 0.4) is 0 Å². The second-order valence-corrected chi connectivity index (χ2v) is 7.19. The van der Waals surface area contributed by atoms with E-state index < -0.39 is 27.9 Å². The number of ether oxygens (including phenoxy) is 1. The van der Waals surface area contributed by atoms with Gasteiger partial charge in [-0.1, -0.05) is 12.1 Å². The van der Waals surface area contributed by atoms with Gasteiger partial charge in [0.15, 0.2) is 6.10 Å². The fourth-order valence-electron chi connectivity index (χ4n) is 1.99. The standard InChI is InChI=1S/C17H19FN2O4S/c1-11-5-4-6-16(12(11)2)24-13(3)17(21)19-20-25(22,23)15-9-7-14(18)8-10-15/h4-10,13,20H,1-3H3,(H,19,21)/t13-/m1/s1. The quantitative estimate of drug-likeness (QED) is 0.768. The highest BCUT2D eigenvalue weighted by Gasteiger charge is 2.20. The van der Waals surface area contributed by atoms with E-state index in [2.05, 4.69) is 5.43 Å². The number of aryl methyl sites for hydroxylation is 1. The molecule has 1 atom stereocenters. The topological polar surface area (TPSA) is 84.5 Å². The van der Waals surface area contributed by atoms with E-state index in [1.54, 1.807) is 12.1 Å². The second-order valence-electron chi connectivity index (χ2n) is 5.51. The molecular weight excluding hydrogens is 347 g/mol. The van der Waals surface area contributed by atoms with Crippen LogP contribution in [0.4, 0.5) is 4.39 Å². The highest BCUT2D eigenvalue weighted by Crippen LogP contribution is 2.21. The normalized spacial score (nSPS) is 12.5. The first kappa shape index (κ1) is 18.9. The van der Waals surface area contributed by atoms with Crippen LogP contribution >= 0.6 is 0 Å². The Labute approximate surface area is 146 Å². The van der Waals surface area contributed by atoms with Gasteiger partial charge in [-0.05, 0) is 62.2 Å². The lowest BCUT2D eigenvalue weighted by molar-refractivity contribution is -0.127. The predicted octanol–water partition coefficient (Wildman–Crippen LogP) is 2.22. The average molecular weight is 366 g/mol. The Morgan fingerprint density at radius 2 is 1.76 bits per heavy atom. The number of halogens is 1. The maximum absolute atomic E-state index is 12.9. The molecule has 0 unspecified atom stereocenters. The van der Waals surface area contributed by atoms with Crippen molar-refractivity contribution in [3.63, 3.8) is 0 Å². The van der Waals surface area contributed by atoms with E-state index >= 15 is 0 Å². The van der Waals surface area contributed by atoms with Gasteiger partial charge in [0.05, 0.1) is 4.90 Å². The number of sulfonamides is 1. The van der Waals surface area contributed by atoms with E-state index in [4.69, 9.17) is 4.74 Å². The van der Waals surface area contributed by atoms with Gasteiger partial charge in [-0.15, -0.1) is 4.83 Å². The van der Waals surface area contributed by atoms with Crippen LogP contribution in [-0.4, -0.2) is 20.4 Å². The number of hydrazine groups is 1. The molecule has 1 amide bonds. The number of rotatable bonds is 6. The molecule has 0 bridgehead atoms. The van der Waals surface area contributed by atoms with Gasteiger partial charge in [0.1, 0.15) is 11.6 Å². The Balaban J connectivity index is 1.99. The van der Waals surface area contributed by atoms with Crippen molar-refractivity contribution in [2.24, 2.45) is 0 Å². The molecule has 6 nitrogen and oxygen atoms in total. The molecule has 0 heterocycles. The van der Waals surface area contributed by atoms with Crippen LogP contribution in [0.2, 0.25) is 0 Å². The number of hydrogen-bond acceptors (Lipinski definition) is 4. The SMILES string of the molecule is Cc1cccc(O[C@H](C)C(=O)NNS(=O)(=O)c2ccc(F)cc2)c1C. The Hall–Kier alpha value is -2.45. The second kappa shape index (κ2) is 7.62. The van der Waals surface area contributed by atoms with Gasteiger partial charge in [0.2, 0.25) is 0 Å². The third-order valence-electron chi connectivity index (χ3n) is 3.66. The zero-order chi connectivity index (χ0) is 18.6. The molecular formula is C17H19FN2O4S. The van der Waals surface area contributed by atoms with Crippen molar-refractivity contribution in [2.75, 3.05) is 0 Å². The first-order chi connectivity index (χ1) is 11.7. The van der Waals surface area contributed by atoms with Gasteiger partial charge in [-0.3, -0.25) is 10.2 Å². The van der Waals surface area contributed by atoms with Crippen molar-refractivity contribution >= 4 is 15.9 Å². The van der Waals surface area contributed by atoms with Crippen LogP contribution in [0.1, 0.15) is 18.1 Å². The summed E-state index contributed by atoms with van der Waals surface area (Å²) in [7, 11) is -4.00. The smallest absolute Gasteiger partial charge is 0.275 e. The molecule has 0 saturated carbocycles. The third-order valence-corrected chi connectivity index (χ3v) is 4.92. The van der Waals surface area contributed by atoms with Crippen molar-refractivity contribution in [1.82, 2.24) is 10.3 Å². The monoisotopic (exact) mass is 366 g/mol. The summed E-state index contributed by atoms with van der Waals surface area (Å²) in [5.41, 5.74) is 4.01. The molecule has 0 aliphatic carbocycles. The summed E-state index contributed by atoms with van der Waals surface area (Å²) in [6.45, 7) is 5.29. The molecule has 0 spiro atoms. The van der Waals surface area contributed by atoms with Crippen molar-refractivity contribution in [1.29, 1.82) is 0 Å². The Morgan fingerprint density at radius 3 is 2.40 bits per heavy atom. The van der Waals surface area contributed by atoms with E-state index in [0.29, 0.717) is 5.75 Å². The molecule has 0 radical (unpaired) electrons. The van der Waals surface area contributed by atoms with Crippen LogP contribution in [0.5, 0.6) is 5.75 Å². The Morgan fingerprint density at radius 1 is 1.12 bits per heavy atom. The van der Waals surface area contributed by atoms with Gasteiger partial charge in [-0.25, -0.2) is 12.8 Å². The molecule has 2 N–H and O–H groups in total. The summed E-state index contributed by atoms with van der Waals surface area (Å²) in [6.07, 6.45) is -0.920. The molecule has 0 aliphatic rings. The van der Waals surface area contributed by atoms with E-state index in [9.17, 15) is 17.6 Å². The molecule has 2 aromatic carbocycles. The highest BCUT2D eigenvalue weighted by molar-refractivity contribution is 7.89. The van der Waals surface area contributed by atoms with Crippen molar-refractivity contribution < 1.29 is 22.3 Å². The van der Waals surface area contributed by atoms with Crippen LogP contribution in [0.25, 0.3) is 0 Å². The van der Waals surface area contributed by atoms with Crippen molar-refractivity contribution in [3.8, 4) is 5.75 Å². The first-order valence-electron chi connectivity index (χ1n) is 7.51. The molecule has 0 fully saturated rings. The lowest BCUT2D eigenvalue weighted by Gasteiger charge is -2.17. The Bertz CT molecular complexity index is 867. The number of amides is 1. The molecule has 134 valence electrons. The lowest BCUT2D eigenvalue weighted by Crippen LogP contribution is -2.47. The minimum absolute atomic E-state index is 0.169. The van der Waals surface area contributed by atoms with Crippen molar-refractivity contribution in [3.05, 3.63) is 59.4 Å². The third kappa shape index (κ3) is 4.77. The van der Waals surface area contributed by atoms with E-state index in [1.165, 1.54) is 6.92 Å². The van der Waals surface area contributed by atoms with Crippen LogP contribution in [0, 0.1) is 19.7 Å². The fraction of sp³-hybridized carbons (Fsp3) is 0.235. The Kier molecular flexibility index (Phi) is 5.76. The minimum atomic E-state index is -4.00. The summed E-state index contributed by atoms with van der Waals surface area (Å²) < 4.78 is 42.5. The summed E-state index contributed by atoms with van der Waals surface area (Å²) in [4.78, 5) is 13.8. The van der Waals surface area contributed by atoms with Gasteiger partial charge < -0.3 is 4.74 Å². The summed E-state index contributed by atoms with van der Waals surface area (Å²) >= 11 is 0. The number of carbonyl (C=O) groups is 1. The summed E-state index contributed by atoms with van der Waals surface area (Å²) in [5, 5.41) is 0. The summed E-state index contributed by atoms with van der Waals surface area (Å²) in [6, 6.07) is 9.68. The fourth-order valence-corrected chi connectivity index (χ4v) is 2.83. The minimum Gasteiger partial charge on any atom is -0.481 e. The van der Waals surface area contributed by atoms with Crippen molar-refractivity contribution in [2.45, 2.75) is 31.8 Å². The van der Waals surface area contributed by atoms with E-state index in [0.717, 1.165) is 35.4 Å². The van der Waals surface area contributed by atoms with Gasteiger partial charge in [0, 0.05) is 0 Å². The predicted molar refractivity (Wildman–Crippen MR) is 90.9 cm³/mol. The lowest BCUT2D eigenvalue weighted by atomic mass is 10.1. The number of nitrogens with one attached hydrogen (secondary N) is 2. The zero-order valence-electron chi connectivity index (χ0n) is 14.0. The highest BCUT2D eigenvalue weighted by atomic mass is 32.2. The van der Waals surface area contributed by atoms with Crippen LogP contribution < -0.4 is 15.0 Å². The van der Waals surface area contributed by atoms with Gasteiger partial charge in [-0.2, -0.15) is 0 Å². The largest absolute Gasteiger partial charge is 0.481 e. The maximum atomic E-state index is 12.9. The van der Waals surface area contributed by atoms with E-state index in [1.807, 2.05) is 24.7 Å².